The maximum Gasteiger partial charge on any atom is 0.222 e. The summed E-state index contributed by atoms with van der Waals surface area (Å²) >= 11 is 0. The van der Waals surface area contributed by atoms with Crippen LogP contribution in [0, 0.1) is 19.3 Å². The van der Waals surface area contributed by atoms with Crippen molar-refractivity contribution in [3.8, 4) is 12.3 Å². The van der Waals surface area contributed by atoms with Crippen molar-refractivity contribution in [3.05, 3.63) is 52.8 Å². The number of aromatic nitrogens is 2. The lowest BCUT2D eigenvalue weighted by molar-refractivity contribution is -0.132. The van der Waals surface area contributed by atoms with E-state index in [4.69, 9.17) is 6.42 Å². The molecular formula is C22H27N3O. The summed E-state index contributed by atoms with van der Waals surface area (Å²) in [6.07, 6.45) is 11.6. The third-order valence-electron chi connectivity index (χ3n) is 5.41. The van der Waals surface area contributed by atoms with Crippen molar-refractivity contribution in [3.63, 3.8) is 0 Å². The molecule has 1 aromatic heterocycles. The van der Waals surface area contributed by atoms with Crippen LogP contribution in [-0.2, 0) is 18.4 Å². The molecule has 0 aliphatic carbocycles. The molecule has 1 atom stereocenters. The fourth-order valence-electron chi connectivity index (χ4n) is 3.76. The molecule has 2 heterocycles. The molecule has 2 aromatic rings. The highest BCUT2D eigenvalue weighted by Crippen LogP contribution is 2.35. The van der Waals surface area contributed by atoms with Gasteiger partial charge in [0.05, 0.1) is 6.20 Å². The minimum Gasteiger partial charge on any atom is -0.337 e. The molecule has 1 unspecified atom stereocenters. The summed E-state index contributed by atoms with van der Waals surface area (Å²) < 4.78 is 1.91. The van der Waals surface area contributed by atoms with Gasteiger partial charge < -0.3 is 4.90 Å². The molecular weight excluding hydrogens is 322 g/mol. The zero-order chi connectivity index (χ0) is 18.5. The molecule has 0 fully saturated rings. The third-order valence-corrected chi connectivity index (χ3v) is 5.41. The Kier molecular flexibility index (Phi) is 5.78. The molecule has 3 rings (SSSR count). The predicted octanol–water partition coefficient (Wildman–Crippen LogP) is 3.79. The SMILES string of the molecule is C#CCCCCCC(=O)N1Cc2ccccc2C(c2cnn(C)c2C)C1. The third kappa shape index (κ3) is 3.83. The number of carbonyl (C=O) groups is 1. The molecule has 0 bridgehead atoms. The van der Waals surface area contributed by atoms with Gasteiger partial charge in [-0.1, -0.05) is 30.7 Å². The van der Waals surface area contributed by atoms with E-state index in [-0.39, 0.29) is 11.8 Å². The van der Waals surface area contributed by atoms with Crippen molar-refractivity contribution in [2.45, 2.75) is 51.5 Å². The highest BCUT2D eigenvalue weighted by molar-refractivity contribution is 5.76. The van der Waals surface area contributed by atoms with Gasteiger partial charge in [-0.25, -0.2) is 0 Å². The van der Waals surface area contributed by atoms with Crippen LogP contribution in [0.5, 0.6) is 0 Å². The fraction of sp³-hybridized carbons (Fsp3) is 0.455. The first-order valence-corrected chi connectivity index (χ1v) is 9.39. The number of aryl methyl sites for hydroxylation is 1. The van der Waals surface area contributed by atoms with Gasteiger partial charge in [0.15, 0.2) is 0 Å². The first kappa shape index (κ1) is 18.3. The van der Waals surface area contributed by atoms with Crippen LogP contribution < -0.4 is 0 Å². The minimum absolute atomic E-state index is 0.194. The molecule has 1 aliphatic heterocycles. The van der Waals surface area contributed by atoms with Crippen LogP contribution >= 0.6 is 0 Å². The molecule has 1 aliphatic rings. The van der Waals surface area contributed by atoms with E-state index in [1.54, 1.807) is 0 Å². The number of nitrogens with zero attached hydrogens (tertiary/aromatic N) is 3. The second-order valence-electron chi connectivity index (χ2n) is 7.10. The summed E-state index contributed by atoms with van der Waals surface area (Å²) in [7, 11) is 1.96. The zero-order valence-corrected chi connectivity index (χ0v) is 15.7. The topological polar surface area (TPSA) is 38.1 Å². The first-order chi connectivity index (χ1) is 12.6. The predicted molar refractivity (Wildman–Crippen MR) is 104 cm³/mol. The normalized spacial score (nSPS) is 16.2. The number of terminal acetylenes is 1. The number of amides is 1. The van der Waals surface area contributed by atoms with Gasteiger partial charge in [-0.3, -0.25) is 9.48 Å². The van der Waals surface area contributed by atoms with Crippen LogP contribution in [0.1, 0.15) is 60.4 Å². The lowest BCUT2D eigenvalue weighted by atomic mass is 9.84. The molecule has 0 saturated heterocycles. The number of hydrogen-bond donors (Lipinski definition) is 0. The maximum atomic E-state index is 12.8. The highest BCUT2D eigenvalue weighted by Gasteiger charge is 2.30. The molecule has 1 amide bonds. The van der Waals surface area contributed by atoms with E-state index >= 15 is 0 Å². The quantitative estimate of drug-likeness (QED) is 0.588. The summed E-state index contributed by atoms with van der Waals surface area (Å²) in [5.41, 5.74) is 4.94. The Bertz CT molecular complexity index is 815. The Balaban J connectivity index is 1.76. The van der Waals surface area contributed by atoms with Crippen LogP contribution in [0.15, 0.2) is 30.5 Å². The van der Waals surface area contributed by atoms with Crippen LogP contribution in [0.2, 0.25) is 0 Å². The van der Waals surface area contributed by atoms with Crippen LogP contribution in [0.3, 0.4) is 0 Å². The monoisotopic (exact) mass is 349 g/mol. The number of carbonyl (C=O) groups excluding carboxylic acids is 1. The number of rotatable bonds is 6. The number of hydrogen-bond acceptors (Lipinski definition) is 2. The second kappa shape index (κ2) is 8.23. The minimum atomic E-state index is 0.194. The number of benzene rings is 1. The highest BCUT2D eigenvalue weighted by atomic mass is 16.2. The zero-order valence-electron chi connectivity index (χ0n) is 15.7. The van der Waals surface area contributed by atoms with Gasteiger partial charge in [-0.2, -0.15) is 5.10 Å². The Hall–Kier alpha value is -2.54. The van der Waals surface area contributed by atoms with E-state index in [2.05, 4.69) is 42.2 Å². The Morgan fingerprint density at radius 3 is 2.81 bits per heavy atom. The molecule has 1 aromatic carbocycles. The molecule has 26 heavy (non-hydrogen) atoms. The van der Waals surface area contributed by atoms with Gasteiger partial charge in [0.25, 0.3) is 0 Å². The summed E-state index contributed by atoms with van der Waals surface area (Å²) in [6.45, 7) is 3.53. The van der Waals surface area contributed by atoms with Gasteiger partial charge in [0.1, 0.15) is 0 Å². The van der Waals surface area contributed by atoms with Crippen molar-refractivity contribution in [2.75, 3.05) is 6.54 Å². The van der Waals surface area contributed by atoms with Crippen molar-refractivity contribution in [1.82, 2.24) is 14.7 Å². The molecule has 4 heteroatoms. The molecule has 136 valence electrons. The summed E-state index contributed by atoms with van der Waals surface area (Å²) in [5.74, 6) is 3.09. The van der Waals surface area contributed by atoms with E-state index in [9.17, 15) is 4.79 Å². The van der Waals surface area contributed by atoms with E-state index in [1.807, 2.05) is 22.8 Å². The smallest absolute Gasteiger partial charge is 0.222 e. The van der Waals surface area contributed by atoms with E-state index < -0.39 is 0 Å². The Labute approximate surface area is 156 Å². The number of unbranched alkanes of at least 4 members (excludes halogenated alkanes) is 3. The van der Waals surface area contributed by atoms with Gasteiger partial charge in [-0.15, -0.1) is 12.3 Å². The molecule has 0 saturated carbocycles. The average Bonchev–Trinajstić information content (AvgIpc) is 2.99. The Morgan fingerprint density at radius 1 is 1.27 bits per heavy atom. The van der Waals surface area contributed by atoms with Gasteiger partial charge >= 0.3 is 0 Å². The van der Waals surface area contributed by atoms with E-state index in [0.29, 0.717) is 13.0 Å². The Morgan fingerprint density at radius 2 is 2.08 bits per heavy atom. The van der Waals surface area contributed by atoms with Crippen molar-refractivity contribution in [2.24, 2.45) is 7.05 Å². The van der Waals surface area contributed by atoms with E-state index in [0.717, 1.165) is 37.9 Å². The van der Waals surface area contributed by atoms with Crippen LogP contribution in [-0.4, -0.2) is 27.1 Å². The van der Waals surface area contributed by atoms with Crippen molar-refractivity contribution in [1.29, 1.82) is 0 Å². The standard InChI is InChI=1S/C22H27N3O/c1-4-5-6-7-8-13-22(26)25-15-18-11-9-10-12-19(18)21(16-25)20-14-23-24(3)17(20)2/h1,9-12,14,21H,5-8,13,15-16H2,2-3H3. The van der Waals surface area contributed by atoms with Crippen LogP contribution in [0.25, 0.3) is 0 Å². The summed E-state index contributed by atoms with van der Waals surface area (Å²) in [4.78, 5) is 14.8. The van der Waals surface area contributed by atoms with E-state index in [1.165, 1.54) is 16.7 Å². The fourth-order valence-corrected chi connectivity index (χ4v) is 3.76. The van der Waals surface area contributed by atoms with Crippen molar-refractivity contribution >= 4 is 5.91 Å². The van der Waals surface area contributed by atoms with Gasteiger partial charge in [0.2, 0.25) is 5.91 Å². The van der Waals surface area contributed by atoms with Gasteiger partial charge in [-0.05, 0) is 30.9 Å². The molecule has 0 spiro atoms. The lowest BCUT2D eigenvalue weighted by Crippen LogP contribution is -2.38. The van der Waals surface area contributed by atoms with Gasteiger partial charge in [0, 0.05) is 50.2 Å². The molecule has 0 radical (unpaired) electrons. The second-order valence-corrected chi connectivity index (χ2v) is 7.10. The molecule has 0 N–H and O–H groups in total. The number of fused-ring (bicyclic) bond motifs is 1. The first-order valence-electron chi connectivity index (χ1n) is 9.39. The van der Waals surface area contributed by atoms with Crippen molar-refractivity contribution < 1.29 is 4.79 Å². The maximum absolute atomic E-state index is 12.8. The van der Waals surface area contributed by atoms with Crippen LogP contribution in [0.4, 0.5) is 0 Å². The largest absolute Gasteiger partial charge is 0.337 e. The lowest BCUT2D eigenvalue weighted by Gasteiger charge is -2.35. The summed E-state index contributed by atoms with van der Waals surface area (Å²) in [6, 6.07) is 8.47. The molecule has 4 nitrogen and oxygen atoms in total. The summed E-state index contributed by atoms with van der Waals surface area (Å²) in [5, 5.41) is 4.41. The average molecular weight is 349 g/mol.